The van der Waals surface area contributed by atoms with Crippen molar-refractivity contribution in [2.45, 2.75) is 13.3 Å². The molecule has 0 amide bonds. The van der Waals surface area contributed by atoms with Crippen molar-refractivity contribution in [2.24, 2.45) is 0 Å². The van der Waals surface area contributed by atoms with Gasteiger partial charge in [0, 0.05) is 11.1 Å². The van der Waals surface area contributed by atoms with Gasteiger partial charge in [0.25, 0.3) is 0 Å². The fraction of sp³-hybridized carbons (Fsp3) is 0.118. The molecule has 0 radical (unpaired) electrons. The lowest BCUT2D eigenvalue weighted by Gasteiger charge is -2.04. The Morgan fingerprint density at radius 2 is 1.57 bits per heavy atom. The Bertz CT molecular complexity index is 725. The van der Waals surface area contributed by atoms with E-state index in [0.717, 1.165) is 24.1 Å². The second-order valence-electron chi connectivity index (χ2n) is 4.48. The standard InChI is InChI=1S/C17H12F3N/c1-2-11-3-5-12(6-4-11)16(19)17(20)13-7-8-14(10-21)15(18)9-13/h3-9H,2H2,1H3. The number of benzene rings is 2. The van der Waals surface area contributed by atoms with Crippen LogP contribution in [-0.2, 0) is 6.42 Å². The molecule has 1 nitrogen and oxygen atoms in total. The van der Waals surface area contributed by atoms with Gasteiger partial charge < -0.3 is 0 Å². The molecule has 0 fully saturated rings. The van der Waals surface area contributed by atoms with Gasteiger partial charge in [-0.15, -0.1) is 0 Å². The smallest absolute Gasteiger partial charge is 0.166 e. The molecule has 4 heteroatoms. The Hall–Kier alpha value is -2.54. The van der Waals surface area contributed by atoms with Crippen molar-refractivity contribution in [3.63, 3.8) is 0 Å². The van der Waals surface area contributed by atoms with Gasteiger partial charge >= 0.3 is 0 Å². The van der Waals surface area contributed by atoms with Crippen molar-refractivity contribution >= 4 is 11.7 Å². The van der Waals surface area contributed by atoms with Crippen LogP contribution in [0.1, 0.15) is 29.2 Å². The second-order valence-corrected chi connectivity index (χ2v) is 4.48. The molecule has 0 aliphatic heterocycles. The third kappa shape index (κ3) is 3.14. The Labute approximate surface area is 121 Å². The fourth-order valence-electron chi connectivity index (χ4n) is 1.88. The molecular formula is C17H12F3N. The van der Waals surface area contributed by atoms with E-state index < -0.39 is 17.5 Å². The SMILES string of the molecule is CCc1ccc(C(F)=C(F)c2ccc(C#N)c(F)c2)cc1. The summed E-state index contributed by atoms with van der Waals surface area (Å²) in [5.74, 6) is -3.08. The third-order valence-corrected chi connectivity index (χ3v) is 3.15. The van der Waals surface area contributed by atoms with Crippen molar-refractivity contribution in [1.29, 1.82) is 5.26 Å². The van der Waals surface area contributed by atoms with E-state index >= 15 is 0 Å². The summed E-state index contributed by atoms with van der Waals surface area (Å²) in [6.07, 6.45) is 0.801. The van der Waals surface area contributed by atoms with Crippen LogP contribution in [0.5, 0.6) is 0 Å². The first kappa shape index (κ1) is 14.9. The molecule has 0 unspecified atom stereocenters. The van der Waals surface area contributed by atoms with Crippen LogP contribution < -0.4 is 0 Å². The average Bonchev–Trinajstić information content (AvgIpc) is 2.53. The van der Waals surface area contributed by atoms with E-state index in [1.807, 2.05) is 6.92 Å². The van der Waals surface area contributed by atoms with Crippen LogP contribution in [0.15, 0.2) is 42.5 Å². The molecule has 2 aromatic rings. The van der Waals surface area contributed by atoms with Crippen LogP contribution in [-0.4, -0.2) is 0 Å². The van der Waals surface area contributed by atoms with Crippen molar-refractivity contribution in [3.05, 3.63) is 70.5 Å². The normalized spacial score (nSPS) is 11.8. The van der Waals surface area contributed by atoms with Crippen LogP contribution in [0.4, 0.5) is 13.2 Å². The highest BCUT2D eigenvalue weighted by molar-refractivity contribution is 5.83. The lowest BCUT2D eigenvalue weighted by Crippen LogP contribution is -1.89. The zero-order chi connectivity index (χ0) is 15.4. The molecule has 2 aromatic carbocycles. The molecule has 0 aliphatic rings. The van der Waals surface area contributed by atoms with Gasteiger partial charge in [0.15, 0.2) is 11.7 Å². The Morgan fingerprint density at radius 3 is 2.10 bits per heavy atom. The minimum atomic E-state index is -1.15. The molecular weight excluding hydrogens is 275 g/mol. The molecule has 0 aromatic heterocycles. The van der Waals surface area contributed by atoms with Crippen molar-refractivity contribution in [1.82, 2.24) is 0 Å². The minimum absolute atomic E-state index is 0.0921. The number of hydrogen-bond donors (Lipinski definition) is 0. The molecule has 0 bridgehead atoms. The van der Waals surface area contributed by atoms with Gasteiger partial charge in [-0.25, -0.2) is 13.2 Å². The average molecular weight is 287 g/mol. The molecule has 106 valence electrons. The number of aryl methyl sites for hydroxylation is 1. The third-order valence-electron chi connectivity index (χ3n) is 3.15. The first-order chi connectivity index (χ1) is 10.1. The number of halogens is 3. The highest BCUT2D eigenvalue weighted by Crippen LogP contribution is 2.29. The predicted octanol–water partition coefficient (Wildman–Crippen LogP) is 5.02. The Kier molecular flexibility index (Phi) is 4.44. The van der Waals surface area contributed by atoms with Gasteiger partial charge in [-0.3, -0.25) is 0 Å². The summed E-state index contributed by atoms with van der Waals surface area (Å²) in [5.41, 5.74) is 0.661. The summed E-state index contributed by atoms with van der Waals surface area (Å²) in [4.78, 5) is 0. The molecule has 0 N–H and O–H groups in total. The van der Waals surface area contributed by atoms with Crippen LogP contribution in [0, 0.1) is 17.1 Å². The van der Waals surface area contributed by atoms with E-state index in [1.165, 1.54) is 18.2 Å². The number of nitriles is 1. The van der Waals surface area contributed by atoms with E-state index in [0.29, 0.717) is 0 Å². The highest BCUT2D eigenvalue weighted by atomic mass is 19.2. The molecule has 0 aliphatic carbocycles. The topological polar surface area (TPSA) is 23.8 Å². The highest BCUT2D eigenvalue weighted by Gasteiger charge is 2.13. The van der Waals surface area contributed by atoms with Gasteiger partial charge in [0.05, 0.1) is 5.56 Å². The summed E-state index contributed by atoms with van der Waals surface area (Å²) >= 11 is 0. The maximum atomic E-state index is 14.1. The minimum Gasteiger partial charge on any atom is -0.206 e. The van der Waals surface area contributed by atoms with Gasteiger partial charge in [0.2, 0.25) is 0 Å². The summed E-state index contributed by atoms with van der Waals surface area (Å²) in [5, 5.41) is 8.61. The van der Waals surface area contributed by atoms with E-state index in [-0.39, 0.29) is 16.7 Å². The number of rotatable bonds is 3. The van der Waals surface area contributed by atoms with Crippen molar-refractivity contribution < 1.29 is 13.2 Å². The lowest BCUT2D eigenvalue weighted by molar-refractivity contribution is 0.621. The first-order valence-electron chi connectivity index (χ1n) is 6.41. The molecule has 0 saturated carbocycles. The van der Waals surface area contributed by atoms with Gasteiger partial charge in [-0.2, -0.15) is 5.26 Å². The quantitative estimate of drug-likeness (QED) is 0.727. The summed E-state index contributed by atoms with van der Waals surface area (Å²) in [6.45, 7) is 1.96. The Morgan fingerprint density at radius 1 is 1.00 bits per heavy atom. The molecule has 0 heterocycles. The van der Waals surface area contributed by atoms with Crippen molar-refractivity contribution in [2.75, 3.05) is 0 Å². The van der Waals surface area contributed by atoms with Gasteiger partial charge in [-0.05, 0) is 24.1 Å². The maximum Gasteiger partial charge on any atom is 0.166 e. The first-order valence-corrected chi connectivity index (χ1v) is 6.41. The molecule has 0 atom stereocenters. The van der Waals surface area contributed by atoms with Crippen LogP contribution in [0.2, 0.25) is 0 Å². The number of hydrogen-bond acceptors (Lipinski definition) is 1. The zero-order valence-corrected chi connectivity index (χ0v) is 11.3. The van der Waals surface area contributed by atoms with E-state index in [2.05, 4.69) is 0 Å². The molecule has 21 heavy (non-hydrogen) atoms. The van der Waals surface area contributed by atoms with E-state index in [4.69, 9.17) is 5.26 Å². The van der Waals surface area contributed by atoms with Crippen LogP contribution in [0.3, 0.4) is 0 Å². The largest absolute Gasteiger partial charge is 0.206 e. The van der Waals surface area contributed by atoms with E-state index in [9.17, 15) is 13.2 Å². The summed E-state index contributed by atoms with van der Waals surface area (Å²) < 4.78 is 41.6. The second kappa shape index (κ2) is 6.27. The molecule has 0 spiro atoms. The van der Waals surface area contributed by atoms with Gasteiger partial charge in [-0.1, -0.05) is 37.3 Å². The Balaban J connectivity index is 2.41. The summed E-state index contributed by atoms with van der Waals surface area (Å²) in [7, 11) is 0. The fourth-order valence-corrected chi connectivity index (χ4v) is 1.88. The van der Waals surface area contributed by atoms with Crippen molar-refractivity contribution in [3.8, 4) is 6.07 Å². The molecule has 2 rings (SSSR count). The van der Waals surface area contributed by atoms with E-state index in [1.54, 1.807) is 18.2 Å². The van der Waals surface area contributed by atoms with Gasteiger partial charge in [0.1, 0.15) is 11.9 Å². The lowest BCUT2D eigenvalue weighted by atomic mass is 10.1. The number of nitrogens with zero attached hydrogens (tertiary/aromatic N) is 1. The zero-order valence-electron chi connectivity index (χ0n) is 11.3. The van der Waals surface area contributed by atoms with Crippen LogP contribution >= 0.6 is 0 Å². The monoisotopic (exact) mass is 287 g/mol. The predicted molar refractivity (Wildman–Crippen MR) is 76.0 cm³/mol. The van der Waals surface area contributed by atoms with Crippen LogP contribution in [0.25, 0.3) is 11.7 Å². The summed E-state index contributed by atoms with van der Waals surface area (Å²) in [6, 6.07) is 11.1. The maximum absolute atomic E-state index is 14.1. The molecule has 0 saturated heterocycles.